The lowest BCUT2D eigenvalue weighted by molar-refractivity contribution is 0.402. The molecule has 0 bridgehead atoms. The largest absolute Gasteiger partial charge is 0.444 e. The highest BCUT2D eigenvalue weighted by Gasteiger charge is 2.10. The number of aryl methyl sites for hydroxylation is 1. The minimum atomic E-state index is 0.0875. The van der Waals surface area contributed by atoms with Crippen molar-refractivity contribution in [2.75, 3.05) is 0 Å². The van der Waals surface area contributed by atoms with Crippen molar-refractivity contribution < 1.29 is 4.42 Å². The van der Waals surface area contributed by atoms with Gasteiger partial charge in [0.1, 0.15) is 5.76 Å². The summed E-state index contributed by atoms with van der Waals surface area (Å²) in [4.78, 5) is 4.24. The van der Waals surface area contributed by atoms with E-state index >= 15 is 0 Å². The monoisotopic (exact) mass is 282 g/mol. The molecule has 21 heavy (non-hydrogen) atoms. The van der Waals surface area contributed by atoms with Gasteiger partial charge >= 0.3 is 0 Å². The minimum Gasteiger partial charge on any atom is -0.444 e. The molecule has 0 aliphatic rings. The van der Waals surface area contributed by atoms with Crippen LogP contribution in [0.25, 0.3) is 5.69 Å². The zero-order valence-corrected chi connectivity index (χ0v) is 12.2. The second kappa shape index (κ2) is 5.93. The van der Waals surface area contributed by atoms with E-state index in [0.717, 1.165) is 23.9 Å². The first-order valence-electron chi connectivity index (χ1n) is 6.97. The molecule has 2 heterocycles. The Morgan fingerprint density at radius 2 is 2.10 bits per heavy atom. The first-order chi connectivity index (χ1) is 10.2. The van der Waals surface area contributed by atoms with Crippen LogP contribution in [0.15, 0.2) is 53.3 Å². The third-order valence-electron chi connectivity index (χ3n) is 3.33. The van der Waals surface area contributed by atoms with E-state index < -0.39 is 0 Å². The number of nitrogens with zero attached hydrogens (tertiary/aromatic N) is 3. The molecule has 0 radical (unpaired) electrons. The Balaban J connectivity index is 1.61. The highest BCUT2D eigenvalue weighted by Crippen LogP contribution is 2.14. The van der Waals surface area contributed by atoms with E-state index in [4.69, 9.17) is 4.42 Å². The van der Waals surface area contributed by atoms with Gasteiger partial charge < -0.3 is 9.73 Å². The molecule has 108 valence electrons. The maximum Gasteiger partial charge on any atom is 0.211 e. The molecule has 5 nitrogen and oxygen atoms in total. The molecule has 1 atom stereocenters. The van der Waals surface area contributed by atoms with Gasteiger partial charge in [0, 0.05) is 18.9 Å². The Labute approximate surface area is 123 Å². The molecule has 3 rings (SSSR count). The number of hydrogen-bond acceptors (Lipinski definition) is 4. The Bertz CT molecular complexity index is 685. The van der Waals surface area contributed by atoms with Crippen molar-refractivity contribution in [2.24, 2.45) is 0 Å². The normalized spacial score (nSPS) is 12.5. The lowest BCUT2D eigenvalue weighted by Crippen LogP contribution is -2.18. The van der Waals surface area contributed by atoms with Crippen LogP contribution in [-0.4, -0.2) is 14.8 Å². The van der Waals surface area contributed by atoms with Crippen LogP contribution in [-0.2, 0) is 6.54 Å². The van der Waals surface area contributed by atoms with E-state index in [1.807, 2.05) is 30.8 Å². The molecule has 0 aliphatic carbocycles. The highest BCUT2D eigenvalue weighted by atomic mass is 16.4. The number of aromatic nitrogens is 3. The van der Waals surface area contributed by atoms with Crippen LogP contribution in [0.3, 0.4) is 0 Å². The first-order valence-corrected chi connectivity index (χ1v) is 6.97. The second-order valence-electron chi connectivity index (χ2n) is 5.03. The standard InChI is InChI=1S/C16H18N4O/c1-12-10-18-16(21-12)13(2)17-11-14-4-6-15(7-5-14)20-9-3-8-19-20/h3-10,13,17H,11H2,1-2H3. The van der Waals surface area contributed by atoms with Gasteiger partial charge in [0.05, 0.1) is 17.9 Å². The molecule has 0 saturated heterocycles. The molecule has 3 aromatic rings. The lowest BCUT2D eigenvalue weighted by atomic mass is 10.2. The third kappa shape index (κ3) is 3.20. The van der Waals surface area contributed by atoms with Crippen LogP contribution in [0, 0.1) is 6.92 Å². The summed E-state index contributed by atoms with van der Waals surface area (Å²) in [6.07, 6.45) is 5.45. The van der Waals surface area contributed by atoms with Crippen LogP contribution in [0.5, 0.6) is 0 Å². The summed E-state index contributed by atoms with van der Waals surface area (Å²) < 4.78 is 7.36. The predicted octanol–water partition coefficient (Wildman–Crippen LogP) is 3.02. The fourth-order valence-corrected chi connectivity index (χ4v) is 2.12. The number of hydrogen-bond donors (Lipinski definition) is 1. The zero-order valence-electron chi connectivity index (χ0n) is 12.2. The average molecular weight is 282 g/mol. The molecule has 0 saturated carbocycles. The molecular formula is C16H18N4O. The average Bonchev–Trinajstić information content (AvgIpc) is 3.16. The van der Waals surface area contributed by atoms with E-state index in [2.05, 4.69) is 39.7 Å². The summed E-state index contributed by atoms with van der Waals surface area (Å²) >= 11 is 0. The van der Waals surface area contributed by atoms with Gasteiger partial charge in [-0.3, -0.25) is 0 Å². The number of benzene rings is 1. The molecule has 1 N–H and O–H groups in total. The highest BCUT2D eigenvalue weighted by molar-refractivity contribution is 5.33. The molecular weight excluding hydrogens is 264 g/mol. The molecule has 0 aliphatic heterocycles. The molecule has 0 amide bonds. The summed E-state index contributed by atoms with van der Waals surface area (Å²) in [5, 5.41) is 7.62. The van der Waals surface area contributed by atoms with E-state index in [-0.39, 0.29) is 6.04 Å². The first kappa shape index (κ1) is 13.6. The minimum absolute atomic E-state index is 0.0875. The number of rotatable bonds is 5. The SMILES string of the molecule is Cc1cnc(C(C)NCc2ccc(-n3cccn3)cc2)o1. The Hall–Kier alpha value is -2.40. The number of nitrogens with one attached hydrogen (secondary N) is 1. The Morgan fingerprint density at radius 3 is 2.71 bits per heavy atom. The van der Waals surface area contributed by atoms with Crippen molar-refractivity contribution in [1.29, 1.82) is 0 Å². The van der Waals surface area contributed by atoms with Gasteiger partial charge in [0.25, 0.3) is 0 Å². The third-order valence-corrected chi connectivity index (χ3v) is 3.33. The number of oxazole rings is 1. The molecule has 1 unspecified atom stereocenters. The quantitative estimate of drug-likeness (QED) is 0.781. The summed E-state index contributed by atoms with van der Waals surface area (Å²) in [6.45, 7) is 4.71. The van der Waals surface area contributed by atoms with Gasteiger partial charge in [-0.15, -0.1) is 0 Å². The molecule has 2 aromatic heterocycles. The smallest absolute Gasteiger partial charge is 0.211 e. The van der Waals surface area contributed by atoms with Crippen molar-refractivity contribution in [2.45, 2.75) is 26.4 Å². The molecule has 0 spiro atoms. The van der Waals surface area contributed by atoms with E-state index in [0.29, 0.717) is 0 Å². The van der Waals surface area contributed by atoms with E-state index in [1.165, 1.54) is 5.56 Å². The maximum absolute atomic E-state index is 5.52. The topological polar surface area (TPSA) is 55.9 Å². The van der Waals surface area contributed by atoms with Gasteiger partial charge in [-0.1, -0.05) is 12.1 Å². The van der Waals surface area contributed by atoms with Crippen molar-refractivity contribution >= 4 is 0 Å². The summed E-state index contributed by atoms with van der Waals surface area (Å²) in [6, 6.07) is 10.3. The Kier molecular flexibility index (Phi) is 3.83. The summed E-state index contributed by atoms with van der Waals surface area (Å²) in [7, 11) is 0. The van der Waals surface area contributed by atoms with E-state index in [9.17, 15) is 0 Å². The second-order valence-corrected chi connectivity index (χ2v) is 5.03. The van der Waals surface area contributed by atoms with Crippen molar-refractivity contribution in [3.8, 4) is 5.69 Å². The molecule has 1 aromatic carbocycles. The van der Waals surface area contributed by atoms with Crippen molar-refractivity contribution in [3.05, 3.63) is 66.1 Å². The van der Waals surface area contributed by atoms with Gasteiger partial charge in [0.2, 0.25) is 5.89 Å². The summed E-state index contributed by atoms with van der Waals surface area (Å²) in [5.41, 5.74) is 2.26. The fraction of sp³-hybridized carbons (Fsp3) is 0.250. The van der Waals surface area contributed by atoms with Crippen LogP contribution in [0.2, 0.25) is 0 Å². The van der Waals surface area contributed by atoms with Crippen LogP contribution in [0.4, 0.5) is 0 Å². The zero-order chi connectivity index (χ0) is 14.7. The van der Waals surface area contributed by atoms with E-state index in [1.54, 1.807) is 12.4 Å². The maximum atomic E-state index is 5.52. The van der Waals surface area contributed by atoms with Crippen LogP contribution >= 0.6 is 0 Å². The van der Waals surface area contributed by atoms with Crippen LogP contribution < -0.4 is 5.32 Å². The molecule has 5 heteroatoms. The summed E-state index contributed by atoms with van der Waals surface area (Å²) in [5.74, 6) is 1.56. The van der Waals surface area contributed by atoms with Crippen molar-refractivity contribution in [1.82, 2.24) is 20.1 Å². The van der Waals surface area contributed by atoms with Crippen molar-refractivity contribution in [3.63, 3.8) is 0 Å². The Morgan fingerprint density at radius 1 is 1.29 bits per heavy atom. The predicted molar refractivity (Wildman–Crippen MR) is 80.1 cm³/mol. The van der Waals surface area contributed by atoms with Gasteiger partial charge in [-0.2, -0.15) is 5.10 Å². The van der Waals surface area contributed by atoms with Gasteiger partial charge in [-0.05, 0) is 37.6 Å². The van der Waals surface area contributed by atoms with Gasteiger partial charge in [0.15, 0.2) is 0 Å². The fourth-order valence-electron chi connectivity index (χ4n) is 2.12. The van der Waals surface area contributed by atoms with Crippen LogP contribution in [0.1, 0.15) is 30.2 Å². The lowest BCUT2D eigenvalue weighted by Gasteiger charge is -2.10. The molecule has 0 fully saturated rings. The van der Waals surface area contributed by atoms with Gasteiger partial charge in [-0.25, -0.2) is 9.67 Å².